The maximum atomic E-state index is 4.59. The Morgan fingerprint density at radius 2 is 2.21 bits per heavy atom. The SMILES string of the molecule is C1=NCCc2ncc(N3CCCn4nccc43)cc21. The second-order valence-corrected chi connectivity index (χ2v) is 4.93. The molecule has 0 saturated carbocycles. The highest BCUT2D eigenvalue weighted by Crippen LogP contribution is 2.29. The van der Waals surface area contributed by atoms with Gasteiger partial charge in [-0.25, -0.2) is 4.68 Å². The summed E-state index contributed by atoms with van der Waals surface area (Å²) in [4.78, 5) is 11.2. The van der Waals surface area contributed by atoms with Crippen molar-refractivity contribution in [2.75, 3.05) is 18.0 Å². The maximum Gasteiger partial charge on any atom is 0.131 e. The molecule has 96 valence electrons. The standard InChI is InChI=1S/C14H15N5/c1-6-18(14-3-5-17-19(14)7-1)12-8-11-9-15-4-2-13(11)16-10-12/h3,5,8-10H,1-2,4,6-7H2. The van der Waals surface area contributed by atoms with E-state index in [1.54, 1.807) is 0 Å². The Balaban J connectivity index is 1.77. The third-order valence-electron chi connectivity index (χ3n) is 3.73. The Labute approximate surface area is 111 Å². The number of pyridine rings is 1. The lowest BCUT2D eigenvalue weighted by Gasteiger charge is -2.29. The van der Waals surface area contributed by atoms with E-state index in [4.69, 9.17) is 0 Å². The van der Waals surface area contributed by atoms with Crippen LogP contribution in [0.3, 0.4) is 0 Å². The summed E-state index contributed by atoms with van der Waals surface area (Å²) >= 11 is 0. The quantitative estimate of drug-likeness (QED) is 0.778. The van der Waals surface area contributed by atoms with Crippen molar-refractivity contribution < 1.29 is 0 Å². The predicted octanol–water partition coefficient (Wildman–Crippen LogP) is 1.79. The average Bonchev–Trinajstić information content (AvgIpc) is 2.95. The van der Waals surface area contributed by atoms with Gasteiger partial charge in [-0.1, -0.05) is 0 Å². The molecular formula is C14H15N5. The zero-order valence-corrected chi connectivity index (χ0v) is 10.7. The van der Waals surface area contributed by atoms with Crippen LogP contribution in [0.15, 0.2) is 29.5 Å². The van der Waals surface area contributed by atoms with Crippen LogP contribution in [0.1, 0.15) is 17.7 Å². The molecule has 4 heterocycles. The Hall–Kier alpha value is -2.17. The van der Waals surface area contributed by atoms with E-state index in [1.165, 1.54) is 0 Å². The molecule has 0 aromatic carbocycles. The van der Waals surface area contributed by atoms with Crippen LogP contribution in [-0.4, -0.2) is 34.1 Å². The van der Waals surface area contributed by atoms with Crippen LogP contribution in [0.2, 0.25) is 0 Å². The van der Waals surface area contributed by atoms with Gasteiger partial charge in [0.05, 0.1) is 23.8 Å². The third-order valence-corrected chi connectivity index (χ3v) is 3.73. The van der Waals surface area contributed by atoms with Gasteiger partial charge in [-0.05, 0) is 12.5 Å². The van der Waals surface area contributed by atoms with Gasteiger partial charge in [-0.3, -0.25) is 9.98 Å². The van der Waals surface area contributed by atoms with E-state index in [-0.39, 0.29) is 0 Å². The van der Waals surface area contributed by atoms with Gasteiger partial charge in [0.2, 0.25) is 0 Å². The van der Waals surface area contributed by atoms with Crippen molar-refractivity contribution >= 4 is 17.7 Å². The van der Waals surface area contributed by atoms with Gasteiger partial charge in [0.1, 0.15) is 5.82 Å². The summed E-state index contributed by atoms with van der Waals surface area (Å²) in [6, 6.07) is 4.25. The summed E-state index contributed by atoms with van der Waals surface area (Å²) in [5.74, 6) is 1.15. The van der Waals surface area contributed by atoms with Gasteiger partial charge in [0.25, 0.3) is 0 Å². The van der Waals surface area contributed by atoms with E-state index >= 15 is 0 Å². The number of anilines is 2. The van der Waals surface area contributed by atoms with Crippen molar-refractivity contribution in [2.45, 2.75) is 19.4 Å². The van der Waals surface area contributed by atoms with Gasteiger partial charge >= 0.3 is 0 Å². The van der Waals surface area contributed by atoms with Crippen molar-refractivity contribution in [3.05, 3.63) is 35.8 Å². The molecule has 0 fully saturated rings. The minimum Gasteiger partial charge on any atom is -0.325 e. The van der Waals surface area contributed by atoms with Crippen LogP contribution < -0.4 is 4.90 Å². The number of aryl methyl sites for hydroxylation is 1. The number of fused-ring (bicyclic) bond motifs is 2. The highest BCUT2D eigenvalue weighted by molar-refractivity contribution is 5.84. The van der Waals surface area contributed by atoms with E-state index in [9.17, 15) is 0 Å². The fourth-order valence-corrected chi connectivity index (χ4v) is 2.78. The van der Waals surface area contributed by atoms with E-state index in [2.05, 4.69) is 36.8 Å². The first kappa shape index (κ1) is 10.7. The van der Waals surface area contributed by atoms with Crippen LogP contribution in [-0.2, 0) is 13.0 Å². The first-order chi connectivity index (χ1) is 9.42. The van der Waals surface area contributed by atoms with E-state index < -0.39 is 0 Å². The fraction of sp³-hybridized carbons (Fsp3) is 0.357. The first-order valence-corrected chi connectivity index (χ1v) is 6.70. The van der Waals surface area contributed by atoms with Crippen molar-refractivity contribution in [1.82, 2.24) is 14.8 Å². The number of hydrogen-bond acceptors (Lipinski definition) is 4. The van der Waals surface area contributed by atoms with Crippen molar-refractivity contribution in [3.63, 3.8) is 0 Å². The number of rotatable bonds is 1. The molecule has 0 bridgehead atoms. The van der Waals surface area contributed by atoms with Gasteiger partial charge in [-0.2, -0.15) is 5.10 Å². The number of hydrogen-bond donors (Lipinski definition) is 0. The topological polar surface area (TPSA) is 46.3 Å². The summed E-state index contributed by atoms with van der Waals surface area (Å²) in [5, 5.41) is 4.35. The summed E-state index contributed by atoms with van der Waals surface area (Å²) in [6.45, 7) is 2.87. The molecular weight excluding hydrogens is 238 g/mol. The van der Waals surface area contributed by atoms with Gasteiger partial charge in [0, 0.05) is 43.9 Å². The average molecular weight is 253 g/mol. The van der Waals surface area contributed by atoms with E-state index in [0.717, 1.165) is 55.2 Å². The molecule has 19 heavy (non-hydrogen) atoms. The molecule has 2 aromatic rings. The molecule has 0 aliphatic carbocycles. The van der Waals surface area contributed by atoms with Crippen LogP contribution in [0.4, 0.5) is 11.5 Å². The molecule has 2 aliphatic rings. The van der Waals surface area contributed by atoms with Gasteiger partial charge < -0.3 is 4.90 Å². The van der Waals surface area contributed by atoms with Crippen LogP contribution in [0, 0.1) is 0 Å². The molecule has 0 atom stereocenters. The highest BCUT2D eigenvalue weighted by Gasteiger charge is 2.20. The first-order valence-electron chi connectivity index (χ1n) is 6.70. The number of aliphatic imine (C=N–C) groups is 1. The largest absolute Gasteiger partial charge is 0.325 e. The lowest BCUT2D eigenvalue weighted by Crippen LogP contribution is -2.28. The number of nitrogens with zero attached hydrogens (tertiary/aromatic N) is 5. The second-order valence-electron chi connectivity index (χ2n) is 4.93. The smallest absolute Gasteiger partial charge is 0.131 e. The van der Waals surface area contributed by atoms with Crippen LogP contribution >= 0.6 is 0 Å². The van der Waals surface area contributed by atoms with Crippen LogP contribution in [0.25, 0.3) is 0 Å². The second kappa shape index (κ2) is 4.19. The van der Waals surface area contributed by atoms with Crippen molar-refractivity contribution in [3.8, 4) is 0 Å². The molecule has 0 amide bonds. The number of aromatic nitrogens is 3. The summed E-state index contributed by atoms with van der Waals surface area (Å²) in [6.07, 6.45) is 7.84. The Morgan fingerprint density at radius 3 is 3.21 bits per heavy atom. The fourth-order valence-electron chi connectivity index (χ4n) is 2.78. The minimum atomic E-state index is 0.857. The third kappa shape index (κ3) is 1.73. The normalized spacial score (nSPS) is 17.2. The Bertz CT molecular complexity index is 643. The maximum absolute atomic E-state index is 4.59. The Kier molecular flexibility index (Phi) is 2.36. The zero-order valence-electron chi connectivity index (χ0n) is 10.7. The lowest BCUT2D eigenvalue weighted by atomic mass is 10.1. The summed E-state index contributed by atoms with van der Waals surface area (Å²) in [5.41, 5.74) is 3.44. The Morgan fingerprint density at radius 1 is 1.21 bits per heavy atom. The molecule has 0 N–H and O–H groups in total. The monoisotopic (exact) mass is 253 g/mol. The summed E-state index contributed by atoms with van der Waals surface area (Å²) in [7, 11) is 0. The van der Waals surface area contributed by atoms with E-state index in [0.29, 0.717) is 0 Å². The molecule has 2 aromatic heterocycles. The van der Waals surface area contributed by atoms with Crippen LogP contribution in [0.5, 0.6) is 0 Å². The molecule has 5 heteroatoms. The molecule has 5 nitrogen and oxygen atoms in total. The van der Waals surface area contributed by atoms with E-state index in [1.807, 2.05) is 18.6 Å². The highest BCUT2D eigenvalue weighted by atomic mass is 15.4. The molecule has 0 unspecified atom stereocenters. The zero-order chi connectivity index (χ0) is 12.7. The van der Waals surface area contributed by atoms with Crippen molar-refractivity contribution in [2.24, 2.45) is 4.99 Å². The molecule has 2 aliphatic heterocycles. The molecule has 4 rings (SSSR count). The molecule has 0 saturated heterocycles. The van der Waals surface area contributed by atoms with Gasteiger partial charge in [0.15, 0.2) is 0 Å². The lowest BCUT2D eigenvalue weighted by molar-refractivity contribution is 0.541. The predicted molar refractivity (Wildman–Crippen MR) is 74.3 cm³/mol. The van der Waals surface area contributed by atoms with Gasteiger partial charge in [-0.15, -0.1) is 0 Å². The molecule has 0 spiro atoms. The summed E-state index contributed by atoms with van der Waals surface area (Å²) < 4.78 is 2.05. The molecule has 0 radical (unpaired) electrons. The van der Waals surface area contributed by atoms with Crippen molar-refractivity contribution in [1.29, 1.82) is 0 Å². The minimum absolute atomic E-state index is 0.857.